The van der Waals surface area contributed by atoms with Crippen molar-refractivity contribution < 1.29 is 0 Å². The second-order valence-electron chi connectivity index (χ2n) is 5.74. The van der Waals surface area contributed by atoms with Crippen LogP contribution in [0.2, 0.25) is 0 Å². The Kier molecular flexibility index (Phi) is 4.58. The molecule has 4 bridgehead atoms. The van der Waals surface area contributed by atoms with Gasteiger partial charge in [0.1, 0.15) is 0 Å². The van der Waals surface area contributed by atoms with Gasteiger partial charge >= 0.3 is 0 Å². The molecule has 1 fully saturated rings. The lowest BCUT2D eigenvalue weighted by Gasteiger charge is -2.27. The summed E-state index contributed by atoms with van der Waals surface area (Å²) < 4.78 is 0. The Labute approximate surface area is 119 Å². The lowest BCUT2D eigenvalue weighted by Crippen LogP contribution is -2.17. The molecule has 2 aliphatic heterocycles. The molecule has 1 aliphatic carbocycles. The zero-order valence-electron chi connectivity index (χ0n) is 10.9. The Bertz CT molecular complexity index is 347. The van der Waals surface area contributed by atoms with E-state index in [1.54, 1.807) is 0 Å². The summed E-state index contributed by atoms with van der Waals surface area (Å²) in [5.41, 5.74) is 3.04. The molecular formula is C16H22S2. The molecule has 0 amide bonds. The van der Waals surface area contributed by atoms with Crippen molar-refractivity contribution in [2.45, 2.75) is 37.2 Å². The van der Waals surface area contributed by atoms with E-state index in [0.717, 1.165) is 11.8 Å². The summed E-state index contributed by atoms with van der Waals surface area (Å²) in [7, 11) is 0. The predicted octanol–water partition coefficient (Wildman–Crippen LogP) is 4.97. The smallest absolute Gasteiger partial charge is 0.0184 e. The highest BCUT2D eigenvalue weighted by Gasteiger charge is 2.21. The van der Waals surface area contributed by atoms with E-state index in [-0.39, 0.29) is 0 Å². The van der Waals surface area contributed by atoms with E-state index in [0.29, 0.717) is 0 Å². The highest BCUT2D eigenvalue weighted by Crippen LogP contribution is 2.34. The van der Waals surface area contributed by atoms with Gasteiger partial charge in [-0.15, -0.1) is 0 Å². The first-order valence-corrected chi connectivity index (χ1v) is 9.44. The molecule has 0 unspecified atom stereocenters. The van der Waals surface area contributed by atoms with Gasteiger partial charge in [0.25, 0.3) is 0 Å². The third-order valence-corrected chi connectivity index (χ3v) is 6.69. The van der Waals surface area contributed by atoms with E-state index >= 15 is 0 Å². The van der Waals surface area contributed by atoms with Gasteiger partial charge < -0.3 is 0 Å². The molecule has 1 aromatic carbocycles. The summed E-state index contributed by atoms with van der Waals surface area (Å²) in [6.45, 7) is 0. The summed E-state index contributed by atoms with van der Waals surface area (Å²) >= 11 is 4.29. The van der Waals surface area contributed by atoms with Crippen LogP contribution in [-0.4, -0.2) is 11.5 Å². The average molecular weight is 278 g/mol. The molecule has 0 nitrogen and oxygen atoms in total. The first kappa shape index (κ1) is 12.9. The van der Waals surface area contributed by atoms with Crippen molar-refractivity contribution in [3.8, 4) is 0 Å². The molecule has 0 spiro atoms. The molecule has 1 saturated carbocycles. The molecule has 2 heterocycles. The normalized spacial score (nSPS) is 29.1. The molecule has 98 valence electrons. The zero-order chi connectivity index (χ0) is 12.2. The fourth-order valence-electron chi connectivity index (χ4n) is 3.06. The third kappa shape index (κ3) is 3.48. The molecule has 0 N–H and O–H groups in total. The monoisotopic (exact) mass is 278 g/mol. The van der Waals surface area contributed by atoms with Crippen LogP contribution < -0.4 is 0 Å². The maximum Gasteiger partial charge on any atom is 0.0184 e. The van der Waals surface area contributed by atoms with Crippen LogP contribution in [0, 0.1) is 11.8 Å². The third-order valence-electron chi connectivity index (χ3n) is 4.20. The summed E-state index contributed by atoms with van der Waals surface area (Å²) in [5, 5.41) is 0. The quantitative estimate of drug-likeness (QED) is 0.657. The second kappa shape index (κ2) is 6.38. The fraction of sp³-hybridized carbons (Fsp3) is 0.625. The maximum atomic E-state index is 2.42. The van der Waals surface area contributed by atoms with Crippen molar-refractivity contribution in [2.24, 2.45) is 11.8 Å². The number of hydrogen-bond donors (Lipinski definition) is 0. The van der Waals surface area contributed by atoms with Crippen molar-refractivity contribution in [3.05, 3.63) is 35.4 Å². The SMILES string of the molecule is c1cc2cc(c1)CSCC1CCC(CC1)CSC2. The Hall–Kier alpha value is -0.0800. The van der Waals surface area contributed by atoms with Crippen molar-refractivity contribution in [1.29, 1.82) is 0 Å². The summed E-state index contributed by atoms with van der Waals surface area (Å²) in [6.07, 6.45) is 5.93. The number of rotatable bonds is 0. The van der Waals surface area contributed by atoms with Crippen molar-refractivity contribution in [1.82, 2.24) is 0 Å². The molecule has 0 radical (unpaired) electrons. The molecule has 0 aromatic heterocycles. The Morgan fingerprint density at radius 1 is 0.778 bits per heavy atom. The highest BCUT2D eigenvalue weighted by atomic mass is 32.2. The zero-order valence-corrected chi connectivity index (χ0v) is 12.6. The summed E-state index contributed by atoms with van der Waals surface area (Å²) in [6, 6.07) is 9.23. The van der Waals surface area contributed by atoms with Crippen LogP contribution in [0.3, 0.4) is 0 Å². The first-order chi connectivity index (χ1) is 8.90. The van der Waals surface area contributed by atoms with E-state index < -0.39 is 0 Å². The summed E-state index contributed by atoms with van der Waals surface area (Å²) in [4.78, 5) is 0. The van der Waals surface area contributed by atoms with Gasteiger partial charge in [-0.1, -0.05) is 24.3 Å². The molecule has 0 saturated heterocycles. The maximum absolute atomic E-state index is 2.42. The average Bonchev–Trinajstić information content (AvgIpc) is 2.42. The van der Waals surface area contributed by atoms with Crippen LogP contribution in [0.25, 0.3) is 0 Å². The van der Waals surface area contributed by atoms with Crippen molar-refractivity contribution in [2.75, 3.05) is 11.5 Å². The minimum Gasteiger partial charge on any atom is -0.157 e. The van der Waals surface area contributed by atoms with E-state index in [4.69, 9.17) is 0 Å². The number of benzene rings is 1. The van der Waals surface area contributed by atoms with Crippen molar-refractivity contribution in [3.63, 3.8) is 0 Å². The van der Waals surface area contributed by atoms with Crippen LogP contribution in [0.15, 0.2) is 24.3 Å². The topological polar surface area (TPSA) is 0 Å². The lowest BCUT2D eigenvalue weighted by molar-refractivity contribution is 0.315. The Morgan fingerprint density at radius 2 is 1.28 bits per heavy atom. The van der Waals surface area contributed by atoms with Gasteiger partial charge in [0.05, 0.1) is 0 Å². The van der Waals surface area contributed by atoms with Gasteiger partial charge in [-0.3, -0.25) is 0 Å². The van der Waals surface area contributed by atoms with Gasteiger partial charge in [0.2, 0.25) is 0 Å². The molecule has 2 heteroatoms. The van der Waals surface area contributed by atoms with Crippen LogP contribution in [0.1, 0.15) is 36.8 Å². The van der Waals surface area contributed by atoms with Crippen LogP contribution >= 0.6 is 23.5 Å². The number of fused-ring (bicyclic) bond motifs is 6. The number of thioether (sulfide) groups is 2. The minimum atomic E-state index is 1.00. The van der Waals surface area contributed by atoms with Crippen LogP contribution in [0.4, 0.5) is 0 Å². The van der Waals surface area contributed by atoms with Gasteiger partial charge in [-0.25, -0.2) is 0 Å². The minimum absolute atomic E-state index is 1.00. The Morgan fingerprint density at radius 3 is 1.78 bits per heavy atom. The van der Waals surface area contributed by atoms with Crippen LogP contribution in [0.5, 0.6) is 0 Å². The van der Waals surface area contributed by atoms with Crippen molar-refractivity contribution >= 4 is 23.5 Å². The van der Waals surface area contributed by atoms with E-state index in [2.05, 4.69) is 47.8 Å². The summed E-state index contributed by atoms with van der Waals surface area (Å²) in [5.74, 6) is 7.17. The van der Waals surface area contributed by atoms with Gasteiger partial charge in [-0.2, -0.15) is 23.5 Å². The van der Waals surface area contributed by atoms with Gasteiger partial charge in [0.15, 0.2) is 0 Å². The predicted molar refractivity (Wildman–Crippen MR) is 84.2 cm³/mol. The second-order valence-corrected chi connectivity index (χ2v) is 7.80. The molecule has 18 heavy (non-hydrogen) atoms. The molecule has 4 rings (SSSR count). The van der Waals surface area contributed by atoms with Crippen LogP contribution in [-0.2, 0) is 11.5 Å². The Balaban J connectivity index is 1.70. The van der Waals surface area contributed by atoms with E-state index in [9.17, 15) is 0 Å². The standard InChI is InChI=1S/C16H22S2/c1-2-15-8-16(3-1)12-18-10-14-6-4-13(5-7-14)9-17-11-15/h1-3,8,13-14H,4-7,9-12H2. The molecule has 3 aliphatic rings. The van der Waals surface area contributed by atoms with Gasteiger partial charge in [-0.05, 0) is 60.2 Å². The van der Waals surface area contributed by atoms with E-state index in [1.807, 2.05) is 0 Å². The molecule has 1 aromatic rings. The van der Waals surface area contributed by atoms with E-state index in [1.165, 1.54) is 59.8 Å². The molecule has 0 atom stereocenters. The first-order valence-electron chi connectivity index (χ1n) is 7.13. The lowest BCUT2D eigenvalue weighted by atomic mass is 9.84. The highest BCUT2D eigenvalue weighted by molar-refractivity contribution is 7.98. The van der Waals surface area contributed by atoms with Gasteiger partial charge in [0, 0.05) is 11.5 Å². The number of hydrogen-bond acceptors (Lipinski definition) is 2. The largest absolute Gasteiger partial charge is 0.157 e. The molecular weight excluding hydrogens is 256 g/mol. The fourth-order valence-corrected chi connectivity index (χ4v) is 5.46.